The van der Waals surface area contributed by atoms with Gasteiger partial charge in [0.2, 0.25) is 10.0 Å². The highest BCUT2D eigenvalue weighted by Gasteiger charge is 2.17. The van der Waals surface area contributed by atoms with E-state index in [1.807, 2.05) is 12.3 Å². The quantitative estimate of drug-likeness (QED) is 0.644. The molecule has 0 fully saturated rings. The van der Waals surface area contributed by atoms with E-state index < -0.39 is 10.0 Å². The molecule has 0 aliphatic carbocycles. The minimum atomic E-state index is -3.46. The molecule has 8 heteroatoms. The number of thiophene rings is 1. The first-order valence-electron chi connectivity index (χ1n) is 6.79. The summed E-state index contributed by atoms with van der Waals surface area (Å²) in [6.07, 6.45) is 2.69. The highest BCUT2D eigenvalue weighted by atomic mass is 32.2. The zero-order chi connectivity index (χ0) is 15.3. The Morgan fingerprint density at radius 2 is 2.19 bits per heavy atom. The molecule has 0 spiro atoms. The van der Waals surface area contributed by atoms with Crippen molar-refractivity contribution in [3.05, 3.63) is 34.5 Å². The number of nitrogens with zero attached hydrogens (tertiary/aromatic N) is 1. The Balaban J connectivity index is 1.97. The van der Waals surface area contributed by atoms with E-state index in [4.69, 9.17) is 0 Å². The number of aromatic amines is 1. The van der Waals surface area contributed by atoms with Crippen LogP contribution in [0.2, 0.25) is 0 Å². The van der Waals surface area contributed by atoms with Crippen molar-refractivity contribution >= 4 is 21.4 Å². The molecule has 0 aliphatic heterocycles. The second kappa shape index (κ2) is 7.17. The van der Waals surface area contributed by atoms with Crippen LogP contribution in [0.15, 0.2) is 21.9 Å². The van der Waals surface area contributed by atoms with E-state index in [2.05, 4.69) is 27.2 Å². The summed E-state index contributed by atoms with van der Waals surface area (Å²) in [4.78, 5) is 0. The van der Waals surface area contributed by atoms with Crippen LogP contribution in [0.3, 0.4) is 0 Å². The lowest BCUT2D eigenvalue weighted by atomic mass is 10.3. The molecule has 2 aromatic rings. The lowest BCUT2D eigenvalue weighted by molar-refractivity contribution is 0.583. The summed E-state index contributed by atoms with van der Waals surface area (Å²) in [6, 6.07) is 1.72. The largest absolute Gasteiger partial charge is 0.313 e. The fourth-order valence-corrected chi connectivity index (χ4v) is 4.05. The van der Waals surface area contributed by atoms with Gasteiger partial charge in [0.1, 0.15) is 4.21 Å². The van der Waals surface area contributed by atoms with Gasteiger partial charge in [-0.15, -0.1) is 11.3 Å². The van der Waals surface area contributed by atoms with Gasteiger partial charge in [-0.25, -0.2) is 13.1 Å². The van der Waals surface area contributed by atoms with Gasteiger partial charge >= 0.3 is 0 Å². The number of sulfonamides is 1. The maximum absolute atomic E-state index is 12.2. The average Bonchev–Trinajstić information content (AvgIpc) is 3.06. The summed E-state index contributed by atoms with van der Waals surface area (Å²) in [5.41, 5.74) is 2.71. The number of nitrogens with one attached hydrogen (secondary N) is 3. The number of aryl methyl sites for hydroxylation is 1. The van der Waals surface area contributed by atoms with Gasteiger partial charge in [0.05, 0.1) is 6.20 Å². The number of H-pyrrole nitrogens is 1. The third-order valence-corrected chi connectivity index (χ3v) is 5.93. The molecule has 0 aliphatic rings. The Kier molecular flexibility index (Phi) is 5.51. The van der Waals surface area contributed by atoms with E-state index in [9.17, 15) is 8.42 Å². The van der Waals surface area contributed by atoms with Crippen LogP contribution >= 0.6 is 11.3 Å². The Bertz CT molecular complexity index is 676. The predicted molar refractivity (Wildman–Crippen MR) is 83.7 cm³/mol. The molecular formula is C13H20N4O2S2. The van der Waals surface area contributed by atoms with Crippen molar-refractivity contribution in [1.29, 1.82) is 0 Å². The minimum absolute atomic E-state index is 0.242. The van der Waals surface area contributed by atoms with E-state index in [1.165, 1.54) is 11.3 Å². The molecule has 0 atom stereocenters. The fourth-order valence-electron chi connectivity index (χ4n) is 1.79. The van der Waals surface area contributed by atoms with E-state index >= 15 is 0 Å². The summed E-state index contributed by atoms with van der Waals surface area (Å²) < 4.78 is 27.4. The predicted octanol–water partition coefficient (Wildman–Crippen LogP) is 1.76. The molecule has 0 saturated heterocycles. The SMILES string of the molecule is CCCNCc1csc(S(=O)(=O)NCc2cn[nH]c2C)c1. The molecule has 0 unspecified atom stereocenters. The topological polar surface area (TPSA) is 86.9 Å². The molecule has 0 saturated carbocycles. The molecule has 2 rings (SSSR count). The molecule has 0 aromatic carbocycles. The van der Waals surface area contributed by atoms with Crippen molar-refractivity contribution in [1.82, 2.24) is 20.2 Å². The smallest absolute Gasteiger partial charge is 0.250 e. The van der Waals surface area contributed by atoms with Crippen LogP contribution in [-0.2, 0) is 23.1 Å². The molecular weight excluding hydrogens is 308 g/mol. The Labute approximate surface area is 129 Å². The number of rotatable bonds is 8. The number of hydrogen-bond acceptors (Lipinski definition) is 5. The van der Waals surface area contributed by atoms with Crippen LogP contribution in [0, 0.1) is 6.92 Å². The van der Waals surface area contributed by atoms with Crippen LogP contribution in [0.1, 0.15) is 30.2 Å². The lowest BCUT2D eigenvalue weighted by Gasteiger charge is -2.03. The first-order chi connectivity index (χ1) is 10.0. The van der Waals surface area contributed by atoms with Gasteiger partial charge in [0.15, 0.2) is 0 Å². The van der Waals surface area contributed by atoms with Gasteiger partial charge < -0.3 is 5.32 Å². The first kappa shape index (κ1) is 16.2. The maximum atomic E-state index is 12.2. The average molecular weight is 328 g/mol. The highest BCUT2D eigenvalue weighted by Crippen LogP contribution is 2.20. The Morgan fingerprint density at radius 3 is 2.86 bits per heavy atom. The van der Waals surface area contributed by atoms with Crippen molar-refractivity contribution in [2.75, 3.05) is 6.54 Å². The third-order valence-electron chi connectivity index (χ3n) is 3.04. The fraction of sp³-hybridized carbons (Fsp3) is 0.462. The van der Waals surface area contributed by atoms with Gasteiger partial charge in [-0.2, -0.15) is 5.10 Å². The Morgan fingerprint density at radius 1 is 1.38 bits per heavy atom. The van der Waals surface area contributed by atoms with Gasteiger partial charge in [-0.1, -0.05) is 6.92 Å². The van der Waals surface area contributed by atoms with Crippen LogP contribution in [0.5, 0.6) is 0 Å². The molecule has 116 valence electrons. The molecule has 6 nitrogen and oxygen atoms in total. The molecule has 21 heavy (non-hydrogen) atoms. The zero-order valence-electron chi connectivity index (χ0n) is 12.1. The normalized spacial score (nSPS) is 11.9. The van der Waals surface area contributed by atoms with Crippen molar-refractivity contribution in [2.45, 2.75) is 37.6 Å². The van der Waals surface area contributed by atoms with Crippen molar-refractivity contribution in [2.24, 2.45) is 0 Å². The Hall–Kier alpha value is -1.22. The second-order valence-electron chi connectivity index (χ2n) is 4.80. The molecule has 2 heterocycles. The van der Waals surface area contributed by atoms with Crippen molar-refractivity contribution in [3.63, 3.8) is 0 Å². The monoisotopic (exact) mass is 328 g/mol. The van der Waals surface area contributed by atoms with Crippen molar-refractivity contribution in [3.8, 4) is 0 Å². The molecule has 0 bridgehead atoms. The molecule has 0 amide bonds. The van der Waals surface area contributed by atoms with Gasteiger partial charge in [-0.3, -0.25) is 5.10 Å². The van der Waals surface area contributed by atoms with E-state index in [0.717, 1.165) is 29.8 Å². The van der Waals surface area contributed by atoms with Crippen LogP contribution in [0.25, 0.3) is 0 Å². The maximum Gasteiger partial charge on any atom is 0.250 e. The van der Waals surface area contributed by atoms with E-state index in [-0.39, 0.29) is 6.54 Å². The summed E-state index contributed by atoms with van der Waals surface area (Å²) in [7, 11) is -3.46. The zero-order valence-corrected chi connectivity index (χ0v) is 13.8. The second-order valence-corrected chi connectivity index (χ2v) is 7.70. The van der Waals surface area contributed by atoms with E-state index in [0.29, 0.717) is 10.8 Å². The third kappa shape index (κ3) is 4.37. The van der Waals surface area contributed by atoms with Gasteiger partial charge in [-0.05, 0) is 36.9 Å². The summed E-state index contributed by atoms with van der Waals surface area (Å²) in [6.45, 7) is 5.82. The summed E-state index contributed by atoms with van der Waals surface area (Å²) in [5.74, 6) is 0. The number of hydrogen-bond donors (Lipinski definition) is 3. The minimum Gasteiger partial charge on any atom is -0.313 e. The van der Waals surface area contributed by atoms with Crippen LogP contribution in [-0.4, -0.2) is 25.2 Å². The number of aromatic nitrogens is 2. The van der Waals surface area contributed by atoms with E-state index in [1.54, 1.807) is 12.3 Å². The van der Waals surface area contributed by atoms with Gasteiger partial charge in [0.25, 0.3) is 0 Å². The van der Waals surface area contributed by atoms with Crippen molar-refractivity contribution < 1.29 is 8.42 Å². The molecule has 0 radical (unpaired) electrons. The van der Waals surface area contributed by atoms with Gasteiger partial charge in [0, 0.05) is 24.3 Å². The summed E-state index contributed by atoms with van der Waals surface area (Å²) in [5, 5.41) is 11.8. The van der Waals surface area contributed by atoms with Crippen LogP contribution in [0.4, 0.5) is 0 Å². The first-order valence-corrected chi connectivity index (χ1v) is 9.16. The standard InChI is InChI=1S/C13H20N4O2S2/c1-3-4-14-6-11-5-13(20-9-11)21(18,19)16-8-12-7-15-17-10(12)2/h5,7,9,14,16H,3-4,6,8H2,1-2H3,(H,15,17). The van der Waals surface area contributed by atoms with Crippen LogP contribution < -0.4 is 10.0 Å². The summed E-state index contributed by atoms with van der Waals surface area (Å²) >= 11 is 1.24. The molecule has 3 N–H and O–H groups in total. The highest BCUT2D eigenvalue weighted by molar-refractivity contribution is 7.91. The molecule has 2 aromatic heterocycles. The lowest BCUT2D eigenvalue weighted by Crippen LogP contribution is -2.22.